The topological polar surface area (TPSA) is 57.7 Å². The lowest BCUT2D eigenvalue weighted by Gasteiger charge is -2.36. The van der Waals surface area contributed by atoms with Crippen molar-refractivity contribution < 1.29 is 22.0 Å². The van der Waals surface area contributed by atoms with Gasteiger partial charge < -0.3 is 4.90 Å². The van der Waals surface area contributed by atoms with Gasteiger partial charge in [0.15, 0.2) is 11.6 Å². The zero-order valence-electron chi connectivity index (χ0n) is 12.5. The number of hydrogen-bond acceptors (Lipinski definition) is 3. The van der Waals surface area contributed by atoms with Crippen LogP contribution in [0.25, 0.3) is 0 Å². The van der Waals surface area contributed by atoms with Crippen molar-refractivity contribution in [2.75, 3.05) is 19.6 Å². The Labute approximate surface area is 133 Å². The molecule has 2 fully saturated rings. The van der Waals surface area contributed by atoms with Crippen LogP contribution in [0.2, 0.25) is 0 Å². The Bertz CT molecular complexity index is 723. The molecule has 126 valence electrons. The molecule has 2 aliphatic heterocycles. The number of halogens is 2. The maximum absolute atomic E-state index is 13.9. The second kappa shape index (κ2) is 6.16. The molecule has 0 N–H and O–H groups in total. The molecule has 0 spiro atoms. The predicted octanol–water partition coefficient (Wildman–Crippen LogP) is 1.74. The maximum atomic E-state index is 13.9. The molecule has 1 aromatic carbocycles. The van der Waals surface area contributed by atoms with E-state index in [0.717, 1.165) is 29.3 Å². The lowest BCUT2D eigenvalue weighted by Crippen LogP contribution is -2.50. The number of likely N-dealkylation sites (tertiary alicyclic amines) is 1. The van der Waals surface area contributed by atoms with Crippen LogP contribution in [0.4, 0.5) is 8.78 Å². The molecule has 1 amide bonds. The van der Waals surface area contributed by atoms with Gasteiger partial charge in [-0.15, -0.1) is 0 Å². The number of piperidine rings is 1. The smallest absolute Gasteiger partial charge is 0.246 e. The molecule has 3 rings (SSSR count). The Kier molecular flexibility index (Phi) is 4.37. The zero-order valence-corrected chi connectivity index (χ0v) is 13.4. The van der Waals surface area contributed by atoms with E-state index in [9.17, 15) is 22.0 Å². The van der Waals surface area contributed by atoms with Gasteiger partial charge in [-0.25, -0.2) is 17.2 Å². The summed E-state index contributed by atoms with van der Waals surface area (Å²) in [5, 5.41) is 0. The van der Waals surface area contributed by atoms with Crippen molar-refractivity contribution in [3.8, 4) is 0 Å². The molecule has 1 atom stereocenters. The Morgan fingerprint density at radius 2 is 1.91 bits per heavy atom. The molecule has 1 aromatic rings. The van der Waals surface area contributed by atoms with Gasteiger partial charge in [0.25, 0.3) is 0 Å². The number of benzene rings is 1. The van der Waals surface area contributed by atoms with Crippen molar-refractivity contribution in [3.63, 3.8) is 0 Å². The summed E-state index contributed by atoms with van der Waals surface area (Å²) >= 11 is 0. The monoisotopic (exact) mass is 344 g/mol. The average Bonchev–Trinajstić information content (AvgIpc) is 2.96. The molecular weight excluding hydrogens is 326 g/mol. The summed E-state index contributed by atoms with van der Waals surface area (Å²) in [6, 6.07) is 2.94. The predicted molar refractivity (Wildman–Crippen MR) is 79.1 cm³/mol. The van der Waals surface area contributed by atoms with Crippen LogP contribution in [0.3, 0.4) is 0 Å². The lowest BCUT2D eigenvalue weighted by atomic mass is 10.1. The molecule has 23 heavy (non-hydrogen) atoms. The van der Waals surface area contributed by atoms with E-state index in [4.69, 9.17) is 0 Å². The van der Waals surface area contributed by atoms with E-state index in [2.05, 4.69) is 0 Å². The third kappa shape index (κ3) is 2.97. The van der Waals surface area contributed by atoms with Gasteiger partial charge in [-0.05, 0) is 31.4 Å². The first-order valence-corrected chi connectivity index (χ1v) is 9.09. The van der Waals surface area contributed by atoms with Crippen LogP contribution >= 0.6 is 0 Å². The molecule has 2 saturated heterocycles. The fourth-order valence-corrected chi connectivity index (χ4v) is 4.86. The van der Waals surface area contributed by atoms with Gasteiger partial charge in [-0.1, -0.05) is 6.07 Å². The molecule has 5 nitrogen and oxygen atoms in total. The minimum absolute atomic E-state index is 0.0335. The first-order valence-electron chi connectivity index (χ1n) is 7.65. The molecule has 2 heterocycles. The average molecular weight is 344 g/mol. The third-order valence-electron chi connectivity index (χ3n) is 4.44. The normalized spacial score (nSPS) is 23.5. The SMILES string of the molecule is O=C1CCCN1C1CCCN(S(=O)(=O)c2cccc(F)c2F)C1. The van der Waals surface area contributed by atoms with Crippen molar-refractivity contribution in [1.29, 1.82) is 0 Å². The van der Waals surface area contributed by atoms with Crippen LogP contribution < -0.4 is 0 Å². The fourth-order valence-electron chi connectivity index (χ4n) is 3.27. The molecule has 1 unspecified atom stereocenters. The van der Waals surface area contributed by atoms with Crippen molar-refractivity contribution in [1.82, 2.24) is 9.21 Å². The van der Waals surface area contributed by atoms with Gasteiger partial charge in [-0.2, -0.15) is 4.31 Å². The summed E-state index contributed by atoms with van der Waals surface area (Å²) in [5.41, 5.74) is 0. The van der Waals surface area contributed by atoms with Crippen molar-refractivity contribution in [2.24, 2.45) is 0 Å². The minimum Gasteiger partial charge on any atom is -0.338 e. The van der Waals surface area contributed by atoms with Gasteiger partial charge in [0, 0.05) is 32.1 Å². The zero-order chi connectivity index (χ0) is 16.6. The van der Waals surface area contributed by atoms with E-state index in [-0.39, 0.29) is 25.0 Å². The van der Waals surface area contributed by atoms with Crippen LogP contribution in [0.1, 0.15) is 25.7 Å². The molecular formula is C15H18F2N2O3S. The van der Waals surface area contributed by atoms with Gasteiger partial charge in [-0.3, -0.25) is 4.79 Å². The number of sulfonamides is 1. The Hall–Kier alpha value is -1.54. The first kappa shape index (κ1) is 16.3. The number of carbonyl (C=O) groups excluding carboxylic acids is 1. The minimum atomic E-state index is -4.11. The highest BCUT2D eigenvalue weighted by Crippen LogP contribution is 2.27. The second-order valence-electron chi connectivity index (χ2n) is 5.90. The molecule has 0 aliphatic carbocycles. The first-order chi connectivity index (χ1) is 10.9. The van der Waals surface area contributed by atoms with Gasteiger partial charge >= 0.3 is 0 Å². The van der Waals surface area contributed by atoms with Crippen molar-refractivity contribution >= 4 is 15.9 Å². The van der Waals surface area contributed by atoms with Gasteiger partial charge in [0.05, 0.1) is 0 Å². The number of hydrogen-bond donors (Lipinski definition) is 0. The van der Waals surface area contributed by atoms with Crippen LogP contribution in [0.5, 0.6) is 0 Å². The summed E-state index contributed by atoms with van der Waals surface area (Å²) in [6.07, 6.45) is 2.58. The van der Waals surface area contributed by atoms with Crippen LogP contribution in [0.15, 0.2) is 23.1 Å². The Morgan fingerprint density at radius 3 is 2.61 bits per heavy atom. The molecule has 2 aliphatic rings. The second-order valence-corrected chi connectivity index (χ2v) is 7.81. The van der Waals surface area contributed by atoms with Gasteiger partial charge in [0.2, 0.25) is 15.9 Å². The van der Waals surface area contributed by atoms with Gasteiger partial charge in [0.1, 0.15) is 4.90 Å². The Balaban J connectivity index is 1.85. The van der Waals surface area contributed by atoms with E-state index in [1.807, 2.05) is 0 Å². The lowest BCUT2D eigenvalue weighted by molar-refractivity contribution is -0.130. The summed E-state index contributed by atoms with van der Waals surface area (Å²) in [5.74, 6) is -2.51. The van der Waals surface area contributed by atoms with Crippen LogP contribution in [0, 0.1) is 11.6 Å². The van der Waals surface area contributed by atoms with Crippen molar-refractivity contribution in [2.45, 2.75) is 36.6 Å². The summed E-state index contributed by atoms with van der Waals surface area (Å²) in [6.45, 7) is 1.01. The molecule has 8 heteroatoms. The largest absolute Gasteiger partial charge is 0.338 e. The third-order valence-corrected chi connectivity index (χ3v) is 6.33. The molecule has 0 bridgehead atoms. The number of nitrogens with zero attached hydrogens (tertiary/aromatic N) is 2. The maximum Gasteiger partial charge on any atom is 0.246 e. The van der Waals surface area contributed by atoms with E-state index < -0.39 is 26.6 Å². The van der Waals surface area contributed by atoms with E-state index in [0.29, 0.717) is 19.4 Å². The summed E-state index contributed by atoms with van der Waals surface area (Å²) in [7, 11) is -4.11. The van der Waals surface area contributed by atoms with E-state index in [1.165, 1.54) is 6.07 Å². The highest BCUT2D eigenvalue weighted by Gasteiger charge is 2.37. The van der Waals surface area contributed by atoms with E-state index >= 15 is 0 Å². The quantitative estimate of drug-likeness (QED) is 0.839. The number of rotatable bonds is 3. The number of carbonyl (C=O) groups is 1. The van der Waals surface area contributed by atoms with Crippen molar-refractivity contribution in [3.05, 3.63) is 29.8 Å². The highest BCUT2D eigenvalue weighted by molar-refractivity contribution is 7.89. The van der Waals surface area contributed by atoms with Crippen LogP contribution in [-0.2, 0) is 14.8 Å². The summed E-state index contributed by atoms with van der Waals surface area (Å²) < 4.78 is 53.6. The fraction of sp³-hybridized carbons (Fsp3) is 0.533. The highest BCUT2D eigenvalue weighted by atomic mass is 32.2. The summed E-state index contributed by atoms with van der Waals surface area (Å²) in [4.78, 5) is 12.9. The molecule has 0 radical (unpaired) electrons. The standard InChI is InChI=1S/C15H18F2N2O3S/c16-12-5-1-6-13(15(12)17)23(21,22)18-8-2-4-11(10-18)19-9-3-7-14(19)20/h1,5-6,11H,2-4,7-10H2. The number of amides is 1. The van der Waals surface area contributed by atoms with Crippen LogP contribution in [-0.4, -0.2) is 49.2 Å². The molecule has 0 aromatic heterocycles. The van der Waals surface area contributed by atoms with E-state index in [1.54, 1.807) is 4.90 Å². The molecule has 0 saturated carbocycles. The Morgan fingerprint density at radius 1 is 1.13 bits per heavy atom.